The lowest BCUT2D eigenvalue weighted by Gasteiger charge is -2.39. The predicted octanol–water partition coefficient (Wildman–Crippen LogP) is 5.48. The highest BCUT2D eigenvalue weighted by atomic mass is 32.2. The monoisotopic (exact) mass is 548 g/mol. The number of rotatable bonds is 9. The van der Waals surface area contributed by atoms with E-state index in [2.05, 4.69) is 10.2 Å². The zero-order valence-electron chi connectivity index (χ0n) is 22.1. The van der Waals surface area contributed by atoms with Gasteiger partial charge in [0.1, 0.15) is 5.69 Å². The van der Waals surface area contributed by atoms with Crippen LogP contribution < -0.4 is 5.32 Å². The fraction of sp³-hybridized carbons (Fsp3) is 0.400. The Hall–Kier alpha value is -3.27. The molecule has 5 rings (SSSR count). The minimum Gasteiger partial charge on any atom is -0.379 e. The second kappa shape index (κ2) is 12.3. The molecule has 0 amide bonds. The Morgan fingerprint density at radius 1 is 0.846 bits per heavy atom. The Bertz CT molecular complexity index is 1310. The lowest BCUT2D eigenvalue weighted by molar-refractivity contribution is -0.384. The van der Waals surface area contributed by atoms with E-state index in [0.29, 0.717) is 31.4 Å². The van der Waals surface area contributed by atoms with E-state index in [-0.39, 0.29) is 16.5 Å². The summed E-state index contributed by atoms with van der Waals surface area (Å²) in [5.74, 6) is -0.0309. The van der Waals surface area contributed by atoms with Crippen molar-refractivity contribution in [3.63, 3.8) is 0 Å². The number of nitrogens with one attached hydrogen (secondary N) is 1. The van der Waals surface area contributed by atoms with E-state index in [1.165, 1.54) is 41.8 Å². The number of benzene rings is 3. The fourth-order valence-electron chi connectivity index (χ4n) is 5.86. The van der Waals surface area contributed by atoms with Crippen LogP contribution in [0.15, 0.2) is 83.8 Å². The van der Waals surface area contributed by atoms with Gasteiger partial charge >= 0.3 is 0 Å². The number of sulfonamides is 1. The molecule has 0 saturated carbocycles. The fourth-order valence-corrected chi connectivity index (χ4v) is 7.35. The van der Waals surface area contributed by atoms with Crippen LogP contribution in [0, 0.1) is 10.1 Å². The van der Waals surface area contributed by atoms with Crippen LogP contribution in [0.1, 0.15) is 49.1 Å². The second-order valence-corrected chi connectivity index (χ2v) is 12.4. The number of nitro groups is 1. The summed E-state index contributed by atoms with van der Waals surface area (Å²) in [6.45, 7) is 3.48. The van der Waals surface area contributed by atoms with E-state index in [1.54, 1.807) is 0 Å². The van der Waals surface area contributed by atoms with Gasteiger partial charge in [-0.3, -0.25) is 10.1 Å². The number of likely N-dealkylation sites (tertiary alicyclic amines) is 1. The van der Waals surface area contributed by atoms with Gasteiger partial charge in [0.15, 0.2) is 0 Å². The summed E-state index contributed by atoms with van der Waals surface area (Å²) in [5.41, 5.74) is 2.25. The highest BCUT2D eigenvalue weighted by Crippen LogP contribution is 2.32. The number of piperidine rings is 2. The quantitative estimate of drug-likeness (QED) is 0.281. The summed E-state index contributed by atoms with van der Waals surface area (Å²) in [5, 5.41) is 15.3. The second-order valence-electron chi connectivity index (χ2n) is 10.4. The van der Waals surface area contributed by atoms with Crippen molar-refractivity contribution in [1.29, 1.82) is 0 Å². The number of nitrogens with zero attached hydrogens (tertiary/aromatic N) is 3. The molecule has 0 spiro atoms. The van der Waals surface area contributed by atoms with Crippen LogP contribution in [-0.2, 0) is 10.0 Å². The molecule has 0 atom stereocenters. The molecule has 2 aliphatic rings. The highest BCUT2D eigenvalue weighted by molar-refractivity contribution is 7.89. The van der Waals surface area contributed by atoms with Crippen LogP contribution in [0.3, 0.4) is 0 Å². The van der Waals surface area contributed by atoms with Gasteiger partial charge in [0.2, 0.25) is 10.0 Å². The molecule has 1 N–H and O–H groups in total. The van der Waals surface area contributed by atoms with Crippen molar-refractivity contribution in [3.05, 3.63) is 100 Å². The lowest BCUT2D eigenvalue weighted by atomic mass is 9.91. The van der Waals surface area contributed by atoms with E-state index >= 15 is 0 Å². The van der Waals surface area contributed by atoms with Crippen LogP contribution in [0.5, 0.6) is 0 Å². The van der Waals surface area contributed by atoms with Crippen molar-refractivity contribution in [2.75, 3.05) is 38.0 Å². The lowest BCUT2D eigenvalue weighted by Crippen LogP contribution is -2.48. The van der Waals surface area contributed by atoms with Crippen molar-refractivity contribution in [2.24, 2.45) is 0 Å². The van der Waals surface area contributed by atoms with Crippen LogP contribution in [-0.4, -0.2) is 61.3 Å². The third-order valence-electron chi connectivity index (χ3n) is 8.03. The zero-order valence-corrected chi connectivity index (χ0v) is 22.9. The van der Waals surface area contributed by atoms with Gasteiger partial charge in [-0.25, -0.2) is 8.42 Å². The minimum atomic E-state index is -3.82. The standard InChI is InChI=1S/C30H36N4O4S/c35-34(36)30-22-27(39(37,38)33-20-16-26(17-21-33)32-18-8-3-9-19-32)14-15-29(30)31-23-28(24-10-4-1-5-11-24)25-12-6-2-7-13-25/h1-2,4-7,10-15,22,26,28,31H,3,8-9,16-21,23H2. The van der Waals surface area contributed by atoms with Gasteiger partial charge in [0.25, 0.3) is 5.69 Å². The summed E-state index contributed by atoms with van der Waals surface area (Å²) in [4.78, 5) is 14.0. The third kappa shape index (κ3) is 6.32. The topological polar surface area (TPSA) is 95.8 Å². The SMILES string of the molecule is O=[N+]([O-])c1cc(S(=O)(=O)N2CCC(N3CCCCC3)CC2)ccc1NCC(c1ccccc1)c1ccccc1. The summed E-state index contributed by atoms with van der Waals surface area (Å²) in [7, 11) is -3.82. The van der Waals surface area contributed by atoms with E-state index in [0.717, 1.165) is 37.1 Å². The molecule has 0 aromatic heterocycles. The van der Waals surface area contributed by atoms with E-state index < -0.39 is 14.9 Å². The van der Waals surface area contributed by atoms with Crippen LogP contribution in [0.2, 0.25) is 0 Å². The van der Waals surface area contributed by atoms with Crippen LogP contribution >= 0.6 is 0 Å². The molecule has 2 heterocycles. The maximum atomic E-state index is 13.5. The maximum absolute atomic E-state index is 13.5. The average Bonchev–Trinajstić information content (AvgIpc) is 2.99. The highest BCUT2D eigenvalue weighted by Gasteiger charge is 2.33. The van der Waals surface area contributed by atoms with Crippen molar-refractivity contribution in [2.45, 2.75) is 49.0 Å². The van der Waals surface area contributed by atoms with Gasteiger partial charge in [-0.2, -0.15) is 4.31 Å². The number of nitro benzene ring substituents is 1. The molecule has 0 aliphatic carbocycles. The first-order valence-corrected chi connectivity index (χ1v) is 15.2. The minimum absolute atomic E-state index is 0.0289. The van der Waals surface area contributed by atoms with Gasteiger partial charge in [-0.15, -0.1) is 0 Å². The Morgan fingerprint density at radius 2 is 1.44 bits per heavy atom. The Labute approximate surface area is 230 Å². The van der Waals surface area contributed by atoms with Gasteiger partial charge in [-0.05, 0) is 62.0 Å². The Kier molecular flexibility index (Phi) is 8.60. The summed E-state index contributed by atoms with van der Waals surface area (Å²) in [6, 6.07) is 24.6. The molecule has 0 bridgehead atoms. The molecule has 8 nitrogen and oxygen atoms in total. The van der Waals surface area contributed by atoms with E-state index in [4.69, 9.17) is 0 Å². The molecule has 39 heavy (non-hydrogen) atoms. The van der Waals surface area contributed by atoms with Crippen LogP contribution in [0.25, 0.3) is 0 Å². The molecule has 206 valence electrons. The van der Waals surface area contributed by atoms with Crippen molar-refractivity contribution < 1.29 is 13.3 Å². The van der Waals surface area contributed by atoms with E-state index in [9.17, 15) is 18.5 Å². The molecule has 0 unspecified atom stereocenters. The molecular formula is C30H36N4O4S. The number of hydrogen-bond acceptors (Lipinski definition) is 6. The molecule has 2 saturated heterocycles. The average molecular weight is 549 g/mol. The smallest absolute Gasteiger partial charge is 0.293 e. The van der Waals surface area contributed by atoms with Gasteiger partial charge in [-0.1, -0.05) is 67.1 Å². The molecule has 2 fully saturated rings. The van der Waals surface area contributed by atoms with Crippen LogP contribution in [0.4, 0.5) is 11.4 Å². The van der Waals surface area contributed by atoms with Gasteiger partial charge in [0.05, 0.1) is 9.82 Å². The number of hydrogen-bond donors (Lipinski definition) is 1. The molecule has 3 aromatic rings. The Balaban J connectivity index is 1.32. The molecular weight excluding hydrogens is 512 g/mol. The molecule has 2 aliphatic heterocycles. The maximum Gasteiger partial charge on any atom is 0.293 e. The first-order chi connectivity index (χ1) is 18.9. The molecule has 9 heteroatoms. The normalized spacial score (nSPS) is 17.8. The largest absolute Gasteiger partial charge is 0.379 e. The molecule has 0 radical (unpaired) electrons. The van der Waals surface area contributed by atoms with Gasteiger partial charge in [0, 0.05) is 37.7 Å². The Morgan fingerprint density at radius 3 is 2.00 bits per heavy atom. The van der Waals surface area contributed by atoms with Crippen molar-refractivity contribution >= 4 is 21.4 Å². The van der Waals surface area contributed by atoms with E-state index in [1.807, 2.05) is 60.7 Å². The third-order valence-corrected chi connectivity index (χ3v) is 9.93. The zero-order chi connectivity index (χ0) is 27.2. The first-order valence-electron chi connectivity index (χ1n) is 13.8. The summed E-state index contributed by atoms with van der Waals surface area (Å²) < 4.78 is 28.4. The van der Waals surface area contributed by atoms with Crippen molar-refractivity contribution in [1.82, 2.24) is 9.21 Å². The molecule has 3 aromatic carbocycles. The summed E-state index contributed by atoms with van der Waals surface area (Å²) in [6.07, 6.45) is 5.27. The predicted molar refractivity (Wildman–Crippen MR) is 154 cm³/mol. The van der Waals surface area contributed by atoms with Crippen molar-refractivity contribution in [3.8, 4) is 0 Å². The number of anilines is 1. The summed E-state index contributed by atoms with van der Waals surface area (Å²) >= 11 is 0. The van der Waals surface area contributed by atoms with Gasteiger partial charge < -0.3 is 10.2 Å². The first kappa shape index (κ1) is 27.3.